The fraction of sp³-hybridized carbons (Fsp3) is 0.188. The largest absolute Gasteiger partial charge is 0.454 e. The van der Waals surface area contributed by atoms with E-state index in [1.165, 1.54) is 12.1 Å². The van der Waals surface area contributed by atoms with Crippen molar-refractivity contribution in [3.8, 4) is 11.5 Å². The molecule has 1 heterocycles. The molecule has 0 bridgehead atoms. The topological polar surface area (TPSA) is 47.6 Å². The Bertz CT molecular complexity index is 700. The number of halogens is 2. The summed E-state index contributed by atoms with van der Waals surface area (Å²) >= 11 is 5.90. The zero-order valence-corrected chi connectivity index (χ0v) is 12.3. The lowest BCUT2D eigenvalue weighted by Crippen LogP contribution is -2.25. The van der Waals surface area contributed by atoms with Crippen LogP contribution in [-0.2, 0) is 17.8 Å². The van der Waals surface area contributed by atoms with Crippen LogP contribution in [0.5, 0.6) is 11.5 Å². The molecule has 0 radical (unpaired) electrons. The highest BCUT2D eigenvalue weighted by Crippen LogP contribution is 2.32. The molecule has 0 aromatic heterocycles. The number of carbonyl (C=O) groups excluding carboxylic acids is 1. The molecule has 2 aromatic carbocycles. The first-order valence-electron chi connectivity index (χ1n) is 6.71. The average molecular weight is 322 g/mol. The summed E-state index contributed by atoms with van der Waals surface area (Å²) < 4.78 is 24.1. The Kier molecular flexibility index (Phi) is 4.15. The number of benzene rings is 2. The van der Waals surface area contributed by atoms with Gasteiger partial charge in [-0.15, -0.1) is 0 Å². The first-order valence-corrected chi connectivity index (χ1v) is 7.09. The minimum Gasteiger partial charge on any atom is -0.454 e. The summed E-state index contributed by atoms with van der Waals surface area (Å²) in [5.74, 6) is 0.563. The lowest BCUT2D eigenvalue weighted by molar-refractivity contribution is -0.120. The molecule has 0 aliphatic carbocycles. The SMILES string of the molecule is O=C(Cc1c(F)cccc1Cl)NCc1ccc2c(c1)OCO2. The van der Waals surface area contributed by atoms with E-state index in [2.05, 4.69) is 5.32 Å². The van der Waals surface area contributed by atoms with Crippen LogP contribution in [0.15, 0.2) is 36.4 Å². The second kappa shape index (κ2) is 6.23. The van der Waals surface area contributed by atoms with Crippen molar-refractivity contribution in [1.29, 1.82) is 0 Å². The molecule has 3 rings (SSSR count). The van der Waals surface area contributed by atoms with Crippen LogP contribution in [0.25, 0.3) is 0 Å². The van der Waals surface area contributed by atoms with Gasteiger partial charge in [0, 0.05) is 17.1 Å². The van der Waals surface area contributed by atoms with Gasteiger partial charge in [-0.2, -0.15) is 0 Å². The van der Waals surface area contributed by atoms with E-state index in [0.29, 0.717) is 18.0 Å². The molecule has 1 N–H and O–H groups in total. The fourth-order valence-corrected chi connectivity index (χ4v) is 2.41. The van der Waals surface area contributed by atoms with Crippen LogP contribution in [0.1, 0.15) is 11.1 Å². The van der Waals surface area contributed by atoms with E-state index >= 15 is 0 Å². The average Bonchev–Trinajstić information content (AvgIpc) is 2.96. The van der Waals surface area contributed by atoms with Gasteiger partial charge in [0.15, 0.2) is 11.5 Å². The van der Waals surface area contributed by atoms with Crippen LogP contribution in [0.3, 0.4) is 0 Å². The quantitative estimate of drug-likeness (QED) is 0.941. The Morgan fingerprint density at radius 2 is 2.05 bits per heavy atom. The summed E-state index contributed by atoms with van der Waals surface area (Å²) in [4.78, 5) is 11.9. The Morgan fingerprint density at radius 1 is 1.23 bits per heavy atom. The second-order valence-electron chi connectivity index (χ2n) is 4.84. The number of carbonyl (C=O) groups is 1. The van der Waals surface area contributed by atoms with Gasteiger partial charge in [-0.05, 0) is 29.8 Å². The Morgan fingerprint density at radius 3 is 2.86 bits per heavy atom. The highest BCUT2D eigenvalue weighted by atomic mass is 35.5. The highest BCUT2D eigenvalue weighted by molar-refractivity contribution is 6.31. The van der Waals surface area contributed by atoms with E-state index in [0.717, 1.165) is 5.56 Å². The third-order valence-electron chi connectivity index (χ3n) is 3.33. The van der Waals surface area contributed by atoms with Crippen molar-refractivity contribution < 1.29 is 18.7 Å². The fourth-order valence-electron chi connectivity index (χ4n) is 2.18. The Hall–Kier alpha value is -2.27. The molecule has 1 aliphatic heterocycles. The van der Waals surface area contributed by atoms with Crippen molar-refractivity contribution in [3.63, 3.8) is 0 Å². The number of hydrogen-bond donors (Lipinski definition) is 1. The molecule has 0 fully saturated rings. The summed E-state index contributed by atoms with van der Waals surface area (Å²) in [6, 6.07) is 9.78. The first-order chi connectivity index (χ1) is 10.6. The van der Waals surface area contributed by atoms with E-state index < -0.39 is 5.82 Å². The zero-order chi connectivity index (χ0) is 15.5. The van der Waals surface area contributed by atoms with Gasteiger partial charge in [0.1, 0.15) is 5.82 Å². The number of hydrogen-bond acceptors (Lipinski definition) is 3. The summed E-state index contributed by atoms with van der Waals surface area (Å²) in [5, 5.41) is 2.98. The molecule has 1 aliphatic rings. The monoisotopic (exact) mass is 321 g/mol. The summed E-state index contributed by atoms with van der Waals surface area (Å²) in [6.07, 6.45) is -0.101. The van der Waals surface area contributed by atoms with E-state index in [1.807, 2.05) is 6.07 Å². The number of nitrogens with one attached hydrogen (secondary N) is 1. The maximum absolute atomic E-state index is 13.6. The van der Waals surface area contributed by atoms with E-state index in [4.69, 9.17) is 21.1 Å². The molecule has 1 amide bonds. The minimum absolute atomic E-state index is 0.101. The van der Waals surface area contributed by atoms with Crippen molar-refractivity contribution in [2.75, 3.05) is 6.79 Å². The molecule has 2 aromatic rings. The predicted molar refractivity (Wildman–Crippen MR) is 79.5 cm³/mol. The minimum atomic E-state index is -0.481. The summed E-state index contributed by atoms with van der Waals surface area (Å²) in [5.41, 5.74) is 1.07. The van der Waals surface area contributed by atoms with Gasteiger partial charge in [0.05, 0.1) is 6.42 Å². The van der Waals surface area contributed by atoms with Crippen molar-refractivity contribution >= 4 is 17.5 Å². The van der Waals surface area contributed by atoms with Crippen LogP contribution in [0, 0.1) is 5.82 Å². The molecule has 0 spiro atoms. The van der Waals surface area contributed by atoms with Crippen LogP contribution in [0.2, 0.25) is 5.02 Å². The molecular weight excluding hydrogens is 309 g/mol. The normalized spacial score (nSPS) is 12.3. The van der Waals surface area contributed by atoms with Gasteiger partial charge in [-0.25, -0.2) is 4.39 Å². The van der Waals surface area contributed by atoms with Gasteiger partial charge in [0.25, 0.3) is 0 Å². The number of rotatable bonds is 4. The Labute approximate surface area is 131 Å². The van der Waals surface area contributed by atoms with E-state index in [9.17, 15) is 9.18 Å². The summed E-state index contributed by atoms with van der Waals surface area (Å²) in [6.45, 7) is 0.526. The second-order valence-corrected chi connectivity index (χ2v) is 5.25. The third kappa shape index (κ3) is 3.14. The maximum Gasteiger partial charge on any atom is 0.231 e. The molecule has 0 saturated carbocycles. The van der Waals surface area contributed by atoms with Gasteiger partial charge in [-0.3, -0.25) is 4.79 Å². The molecule has 0 saturated heterocycles. The van der Waals surface area contributed by atoms with Crippen LogP contribution >= 0.6 is 11.6 Å². The lowest BCUT2D eigenvalue weighted by atomic mass is 10.1. The van der Waals surface area contributed by atoms with E-state index in [-0.39, 0.29) is 29.7 Å². The number of fused-ring (bicyclic) bond motifs is 1. The Balaban J connectivity index is 1.61. The van der Waals surface area contributed by atoms with Crippen molar-refractivity contribution in [2.45, 2.75) is 13.0 Å². The molecule has 0 unspecified atom stereocenters. The van der Waals surface area contributed by atoms with Gasteiger partial charge in [-0.1, -0.05) is 23.7 Å². The highest BCUT2D eigenvalue weighted by Gasteiger charge is 2.14. The number of amides is 1. The predicted octanol–water partition coefficient (Wildman–Crippen LogP) is 3.07. The van der Waals surface area contributed by atoms with Gasteiger partial charge in [0.2, 0.25) is 12.7 Å². The maximum atomic E-state index is 13.6. The first kappa shape index (κ1) is 14.7. The smallest absolute Gasteiger partial charge is 0.231 e. The van der Waals surface area contributed by atoms with Gasteiger partial charge < -0.3 is 14.8 Å². The van der Waals surface area contributed by atoms with E-state index in [1.54, 1.807) is 18.2 Å². The standard InChI is InChI=1S/C16H13ClFNO3/c17-12-2-1-3-13(18)11(12)7-16(20)19-8-10-4-5-14-15(6-10)22-9-21-14/h1-6H,7-9H2,(H,19,20). The molecule has 4 nitrogen and oxygen atoms in total. The van der Waals surface area contributed by atoms with Crippen molar-refractivity contribution in [1.82, 2.24) is 5.32 Å². The van der Waals surface area contributed by atoms with Crippen LogP contribution in [-0.4, -0.2) is 12.7 Å². The van der Waals surface area contributed by atoms with Crippen LogP contribution in [0.4, 0.5) is 4.39 Å². The number of ether oxygens (including phenoxy) is 2. The molecular formula is C16H13ClFNO3. The zero-order valence-electron chi connectivity index (χ0n) is 11.6. The molecule has 114 valence electrons. The lowest BCUT2D eigenvalue weighted by Gasteiger charge is -2.08. The van der Waals surface area contributed by atoms with Crippen LogP contribution < -0.4 is 14.8 Å². The van der Waals surface area contributed by atoms with Crippen molar-refractivity contribution in [3.05, 3.63) is 58.4 Å². The molecule has 0 atom stereocenters. The third-order valence-corrected chi connectivity index (χ3v) is 3.68. The van der Waals surface area contributed by atoms with Gasteiger partial charge >= 0.3 is 0 Å². The molecule has 6 heteroatoms. The molecule has 22 heavy (non-hydrogen) atoms. The van der Waals surface area contributed by atoms with Crippen molar-refractivity contribution in [2.24, 2.45) is 0 Å². The summed E-state index contributed by atoms with van der Waals surface area (Å²) in [7, 11) is 0.